The third-order valence-corrected chi connectivity index (χ3v) is 4.16. The third kappa shape index (κ3) is 2.53. The number of furan rings is 1. The van der Waals surface area contributed by atoms with Crippen molar-refractivity contribution >= 4 is 11.0 Å². The number of fused-ring (bicyclic) bond motifs is 1. The number of benzene rings is 1. The maximum absolute atomic E-state index is 5.65. The Morgan fingerprint density at radius 1 is 1.21 bits per heavy atom. The van der Waals surface area contributed by atoms with Gasteiger partial charge in [0.25, 0.3) is 0 Å². The first-order chi connectivity index (χ1) is 9.17. The third-order valence-electron chi connectivity index (χ3n) is 4.16. The van der Waals surface area contributed by atoms with Gasteiger partial charge < -0.3 is 9.73 Å². The summed E-state index contributed by atoms with van der Waals surface area (Å²) in [5, 5.41) is 4.67. The molecule has 0 bridgehead atoms. The van der Waals surface area contributed by atoms with Crippen molar-refractivity contribution in [3.63, 3.8) is 0 Å². The van der Waals surface area contributed by atoms with Crippen molar-refractivity contribution in [1.29, 1.82) is 0 Å². The predicted octanol–water partition coefficient (Wildman–Crippen LogP) is 2.66. The van der Waals surface area contributed by atoms with Gasteiger partial charge in [-0.25, -0.2) is 0 Å². The molecular weight excluding hydrogens is 236 g/mol. The Kier molecular flexibility index (Phi) is 3.33. The van der Waals surface area contributed by atoms with Gasteiger partial charge in [-0.2, -0.15) is 0 Å². The molecule has 1 aliphatic heterocycles. The van der Waals surface area contributed by atoms with Crippen LogP contribution in [0.1, 0.15) is 19.4 Å². The molecule has 0 radical (unpaired) electrons. The summed E-state index contributed by atoms with van der Waals surface area (Å²) in [6, 6.07) is 8.30. The first-order valence-corrected chi connectivity index (χ1v) is 7.08. The normalized spacial score (nSPS) is 18.0. The summed E-state index contributed by atoms with van der Waals surface area (Å²) >= 11 is 0. The fourth-order valence-corrected chi connectivity index (χ4v) is 3.02. The average molecular weight is 258 g/mol. The van der Waals surface area contributed by atoms with Crippen LogP contribution in [0, 0.1) is 0 Å². The summed E-state index contributed by atoms with van der Waals surface area (Å²) in [5.41, 5.74) is 2.49. The maximum atomic E-state index is 5.65. The molecule has 0 aliphatic carbocycles. The Morgan fingerprint density at radius 3 is 2.74 bits per heavy atom. The van der Waals surface area contributed by atoms with Gasteiger partial charge >= 0.3 is 0 Å². The maximum Gasteiger partial charge on any atom is 0.134 e. The van der Waals surface area contributed by atoms with E-state index in [2.05, 4.69) is 36.2 Å². The molecule has 3 nitrogen and oxygen atoms in total. The summed E-state index contributed by atoms with van der Waals surface area (Å²) in [6.07, 6.45) is 2.96. The van der Waals surface area contributed by atoms with E-state index in [-0.39, 0.29) is 5.54 Å². The number of piperazine rings is 1. The van der Waals surface area contributed by atoms with Crippen LogP contribution in [-0.2, 0) is 6.42 Å². The van der Waals surface area contributed by atoms with E-state index in [1.807, 2.05) is 18.4 Å². The van der Waals surface area contributed by atoms with E-state index >= 15 is 0 Å². The molecule has 1 aliphatic rings. The predicted molar refractivity (Wildman–Crippen MR) is 78.4 cm³/mol. The van der Waals surface area contributed by atoms with Crippen LogP contribution < -0.4 is 5.32 Å². The summed E-state index contributed by atoms with van der Waals surface area (Å²) in [7, 11) is 0. The minimum absolute atomic E-state index is 0.175. The fraction of sp³-hybridized carbons (Fsp3) is 0.500. The molecule has 1 aromatic carbocycles. The van der Waals surface area contributed by atoms with Crippen molar-refractivity contribution in [1.82, 2.24) is 10.2 Å². The lowest BCUT2D eigenvalue weighted by Gasteiger charge is -2.41. The van der Waals surface area contributed by atoms with Crippen LogP contribution in [-0.4, -0.2) is 36.6 Å². The zero-order valence-corrected chi connectivity index (χ0v) is 11.8. The minimum atomic E-state index is 0.175. The standard InChI is InChI=1S/C16H22N2O/c1-16(2,18-9-7-17-8-10-18)11-13-12-19-15-6-4-3-5-14(13)15/h3-6,12,17H,7-11H2,1-2H3. The molecule has 1 saturated heterocycles. The van der Waals surface area contributed by atoms with Gasteiger partial charge in [0.05, 0.1) is 6.26 Å². The van der Waals surface area contributed by atoms with Crippen LogP contribution in [0.5, 0.6) is 0 Å². The molecule has 3 rings (SSSR count). The van der Waals surface area contributed by atoms with Crippen molar-refractivity contribution in [2.24, 2.45) is 0 Å². The quantitative estimate of drug-likeness (QED) is 0.917. The second-order valence-electron chi connectivity index (χ2n) is 5.98. The molecule has 3 heteroatoms. The van der Waals surface area contributed by atoms with Gasteiger partial charge in [-0.1, -0.05) is 18.2 Å². The Morgan fingerprint density at radius 2 is 1.95 bits per heavy atom. The van der Waals surface area contributed by atoms with Crippen molar-refractivity contribution in [2.45, 2.75) is 25.8 Å². The lowest BCUT2D eigenvalue weighted by atomic mass is 9.92. The molecule has 102 valence electrons. The number of rotatable bonds is 3. The molecule has 1 aromatic heterocycles. The van der Waals surface area contributed by atoms with Crippen LogP contribution in [0.4, 0.5) is 0 Å². The van der Waals surface area contributed by atoms with Crippen LogP contribution in [0.3, 0.4) is 0 Å². The largest absolute Gasteiger partial charge is 0.464 e. The number of para-hydroxylation sites is 1. The fourth-order valence-electron chi connectivity index (χ4n) is 3.02. The SMILES string of the molecule is CC(C)(Cc1coc2ccccc12)N1CCNCC1. The molecule has 0 amide bonds. The summed E-state index contributed by atoms with van der Waals surface area (Å²) < 4.78 is 5.65. The molecule has 2 aromatic rings. The number of nitrogens with one attached hydrogen (secondary N) is 1. The van der Waals surface area contributed by atoms with Crippen LogP contribution in [0.25, 0.3) is 11.0 Å². The highest BCUT2D eigenvalue weighted by atomic mass is 16.3. The second kappa shape index (κ2) is 4.99. The highest BCUT2D eigenvalue weighted by molar-refractivity contribution is 5.80. The highest BCUT2D eigenvalue weighted by Gasteiger charge is 2.29. The van der Waals surface area contributed by atoms with Crippen molar-refractivity contribution in [3.8, 4) is 0 Å². The van der Waals surface area contributed by atoms with Gasteiger partial charge in [-0.15, -0.1) is 0 Å². The Labute approximate surface area is 114 Å². The first-order valence-electron chi connectivity index (χ1n) is 7.08. The van der Waals surface area contributed by atoms with Crippen LogP contribution in [0.15, 0.2) is 34.9 Å². The lowest BCUT2D eigenvalue weighted by Crippen LogP contribution is -2.54. The van der Waals surface area contributed by atoms with Crippen molar-refractivity contribution in [2.75, 3.05) is 26.2 Å². The number of hydrogen-bond donors (Lipinski definition) is 1. The molecule has 0 saturated carbocycles. The number of nitrogens with zero attached hydrogens (tertiary/aromatic N) is 1. The second-order valence-corrected chi connectivity index (χ2v) is 5.98. The minimum Gasteiger partial charge on any atom is -0.464 e. The topological polar surface area (TPSA) is 28.4 Å². The summed E-state index contributed by atoms with van der Waals surface area (Å²) in [6.45, 7) is 9.11. The van der Waals surface area contributed by atoms with E-state index in [9.17, 15) is 0 Å². The lowest BCUT2D eigenvalue weighted by molar-refractivity contribution is 0.104. The van der Waals surface area contributed by atoms with E-state index < -0.39 is 0 Å². The Balaban J connectivity index is 1.83. The molecular formula is C16H22N2O. The highest BCUT2D eigenvalue weighted by Crippen LogP contribution is 2.27. The van der Waals surface area contributed by atoms with E-state index in [4.69, 9.17) is 4.42 Å². The Hall–Kier alpha value is -1.32. The van der Waals surface area contributed by atoms with E-state index in [0.717, 1.165) is 38.2 Å². The smallest absolute Gasteiger partial charge is 0.134 e. The van der Waals surface area contributed by atoms with Gasteiger partial charge in [-0.05, 0) is 26.3 Å². The van der Waals surface area contributed by atoms with Crippen LogP contribution in [0.2, 0.25) is 0 Å². The molecule has 0 unspecified atom stereocenters. The average Bonchev–Trinajstić information content (AvgIpc) is 2.83. The zero-order valence-electron chi connectivity index (χ0n) is 11.8. The molecule has 1 fully saturated rings. The van der Waals surface area contributed by atoms with Crippen molar-refractivity contribution < 1.29 is 4.42 Å². The van der Waals surface area contributed by atoms with E-state index in [1.165, 1.54) is 10.9 Å². The van der Waals surface area contributed by atoms with Gasteiger partial charge in [0, 0.05) is 42.7 Å². The molecule has 0 atom stereocenters. The molecule has 19 heavy (non-hydrogen) atoms. The molecule has 0 spiro atoms. The molecule has 1 N–H and O–H groups in total. The van der Waals surface area contributed by atoms with Crippen LogP contribution >= 0.6 is 0 Å². The van der Waals surface area contributed by atoms with Gasteiger partial charge in [-0.3, -0.25) is 4.90 Å². The monoisotopic (exact) mass is 258 g/mol. The van der Waals surface area contributed by atoms with Gasteiger partial charge in [0.1, 0.15) is 5.58 Å². The number of hydrogen-bond acceptors (Lipinski definition) is 3. The zero-order chi connectivity index (χ0) is 13.3. The summed E-state index contributed by atoms with van der Waals surface area (Å²) in [5.74, 6) is 0. The van der Waals surface area contributed by atoms with Gasteiger partial charge in [0.2, 0.25) is 0 Å². The van der Waals surface area contributed by atoms with Crippen molar-refractivity contribution in [3.05, 3.63) is 36.1 Å². The molecule has 2 heterocycles. The van der Waals surface area contributed by atoms with Gasteiger partial charge in [0.15, 0.2) is 0 Å². The summed E-state index contributed by atoms with van der Waals surface area (Å²) in [4.78, 5) is 2.57. The van der Waals surface area contributed by atoms with E-state index in [1.54, 1.807) is 0 Å². The first kappa shape index (κ1) is 12.7. The van der Waals surface area contributed by atoms with E-state index in [0.29, 0.717) is 0 Å². The Bertz CT molecular complexity index is 553.